The molecule has 22 heavy (non-hydrogen) atoms. The minimum Gasteiger partial charge on any atom is -0.492 e. The molecule has 2 aromatic rings. The number of nitrogens with one attached hydrogen (secondary N) is 1. The minimum absolute atomic E-state index is 0.0933. The van der Waals surface area contributed by atoms with Gasteiger partial charge in [-0.2, -0.15) is 0 Å². The zero-order valence-electron chi connectivity index (χ0n) is 11.8. The maximum atomic E-state index is 12.5. The highest BCUT2D eigenvalue weighted by molar-refractivity contribution is 9.10. The van der Waals surface area contributed by atoms with Crippen molar-refractivity contribution >= 4 is 37.6 Å². The van der Waals surface area contributed by atoms with E-state index in [1.807, 2.05) is 0 Å². The summed E-state index contributed by atoms with van der Waals surface area (Å²) in [5.74, 6) is 0.317. The molecular weight excluding hydrogens is 390 g/mol. The molecule has 0 fully saturated rings. The lowest BCUT2D eigenvalue weighted by atomic mass is 10.2. The Balaban J connectivity index is 2.27. The molecule has 0 unspecified atom stereocenters. The first-order valence-electron chi connectivity index (χ1n) is 6.59. The van der Waals surface area contributed by atoms with Gasteiger partial charge in [0.1, 0.15) is 10.6 Å². The molecule has 0 radical (unpaired) electrons. The molecule has 0 spiro atoms. The van der Waals surface area contributed by atoms with E-state index in [0.717, 1.165) is 0 Å². The number of rotatable bonds is 6. The quantitative estimate of drug-likeness (QED) is 0.792. The fourth-order valence-corrected chi connectivity index (χ4v) is 3.75. The molecule has 1 N–H and O–H groups in total. The second-order valence-electron chi connectivity index (χ2n) is 4.44. The van der Waals surface area contributed by atoms with Crippen LogP contribution in [0.2, 0.25) is 5.02 Å². The lowest BCUT2D eigenvalue weighted by Gasteiger charge is -2.12. The standard InChI is InChI=1S/C15H15BrClNO3S/c1-2-21-14-8-7-12(16)9-15(14)22(19,20)18-10-11-5-3-4-6-13(11)17/h3-9,18H,2,10H2,1H3. The summed E-state index contributed by atoms with van der Waals surface area (Å²) in [5, 5.41) is 0.518. The Kier molecular flexibility index (Phi) is 5.86. The van der Waals surface area contributed by atoms with E-state index in [0.29, 0.717) is 27.4 Å². The third-order valence-corrected chi connectivity index (χ3v) is 5.19. The molecule has 0 saturated carbocycles. The average Bonchev–Trinajstić information content (AvgIpc) is 2.48. The third kappa shape index (κ3) is 4.23. The van der Waals surface area contributed by atoms with Crippen molar-refractivity contribution in [2.24, 2.45) is 0 Å². The van der Waals surface area contributed by atoms with Gasteiger partial charge < -0.3 is 4.74 Å². The summed E-state index contributed by atoms with van der Waals surface area (Å²) in [6, 6.07) is 12.0. The van der Waals surface area contributed by atoms with Crippen LogP contribution in [0.3, 0.4) is 0 Å². The molecule has 2 rings (SSSR count). The molecule has 0 amide bonds. The number of benzene rings is 2. The number of hydrogen-bond acceptors (Lipinski definition) is 3. The van der Waals surface area contributed by atoms with Gasteiger partial charge >= 0.3 is 0 Å². The molecule has 118 valence electrons. The molecule has 0 saturated heterocycles. The van der Waals surface area contributed by atoms with Crippen LogP contribution in [0.4, 0.5) is 0 Å². The van der Waals surface area contributed by atoms with E-state index in [9.17, 15) is 8.42 Å². The van der Waals surface area contributed by atoms with Crippen LogP contribution in [0.1, 0.15) is 12.5 Å². The second-order valence-corrected chi connectivity index (χ2v) is 7.50. The van der Waals surface area contributed by atoms with Crippen molar-refractivity contribution in [2.75, 3.05) is 6.61 Å². The van der Waals surface area contributed by atoms with Crippen LogP contribution in [0.15, 0.2) is 51.8 Å². The molecule has 0 aliphatic carbocycles. The largest absolute Gasteiger partial charge is 0.492 e. The topological polar surface area (TPSA) is 55.4 Å². The summed E-state index contributed by atoms with van der Waals surface area (Å²) >= 11 is 9.32. The Morgan fingerprint density at radius 1 is 1.23 bits per heavy atom. The summed E-state index contributed by atoms with van der Waals surface area (Å²) < 4.78 is 33.6. The van der Waals surface area contributed by atoms with Crippen LogP contribution in [-0.4, -0.2) is 15.0 Å². The molecule has 0 aromatic heterocycles. The maximum absolute atomic E-state index is 12.5. The zero-order chi connectivity index (χ0) is 16.2. The van der Waals surface area contributed by atoms with E-state index in [1.165, 1.54) is 6.07 Å². The Hall–Kier alpha value is -1.08. The summed E-state index contributed by atoms with van der Waals surface area (Å²) in [7, 11) is -3.71. The fraction of sp³-hybridized carbons (Fsp3) is 0.200. The fourth-order valence-electron chi connectivity index (χ4n) is 1.86. The highest BCUT2D eigenvalue weighted by Crippen LogP contribution is 2.28. The van der Waals surface area contributed by atoms with Gasteiger partial charge in [0.2, 0.25) is 10.0 Å². The van der Waals surface area contributed by atoms with Gasteiger partial charge in [0.25, 0.3) is 0 Å². The minimum atomic E-state index is -3.71. The maximum Gasteiger partial charge on any atom is 0.244 e. The van der Waals surface area contributed by atoms with Gasteiger partial charge in [0.05, 0.1) is 6.61 Å². The monoisotopic (exact) mass is 403 g/mol. The van der Waals surface area contributed by atoms with Crippen molar-refractivity contribution in [3.8, 4) is 5.75 Å². The van der Waals surface area contributed by atoms with Crippen molar-refractivity contribution in [1.82, 2.24) is 4.72 Å². The Bertz CT molecular complexity index is 765. The summed E-state index contributed by atoms with van der Waals surface area (Å²) in [6.07, 6.45) is 0. The van der Waals surface area contributed by atoms with Crippen LogP contribution in [0.25, 0.3) is 0 Å². The molecule has 0 heterocycles. The van der Waals surface area contributed by atoms with E-state index in [4.69, 9.17) is 16.3 Å². The van der Waals surface area contributed by atoms with Crippen molar-refractivity contribution in [1.29, 1.82) is 0 Å². The van der Waals surface area contributed by atoms with Gasteiger partial charge in [0, 0.05) is 16.0 Å². The van der Waals surface area contributed by atoms with Gasteiger partial charge in [-0.05, 0) is 36.8 Å². The number of halogens is 2. The molecule has 0 bridgehead atoms. The molecule has 0 atom stereocenters. The summed E-state index contributed by atoms with van der Waals surface area (Å²) in [5.41, 5.74) is 0.709. The number of sulfonamides is 1. The molecule has 7 heteroatoms. The highest BCUT2D eigenvalue weighted by atomic mass is 79.9. The summed E-state index contributed by atoms with van der Waals surface area (Å²) in [6.45, 7) is 2.30. The zero-order valence-corrected chi connectivity index (χ0v) is 15.0. The van der Waals surface area contributed by atoms with Crippen molar-refractivity contribution in [3.63, 3.8) is 0 Å². The first-order chi connectivity index (χ1) is 10.4. The van der Waals surface area contributed by atoms with Gasteiger partial charge in [-0.3, -0.25) is 0 Å². The van der Waals surface area contributed by atoms with Crippen LogP contribution < -0.4 is 9.46 Å². The normalized spacial score (nSPS) is 11.4. The number of ether oxygens (including phenoxy) is 1. The van der Waals surface area contributed by atoms with Crippen LogP contribution in [0.5, 0.6) is 5.75 Å². The van der Waals surface area contributed by atoms with Crippen LogP contribution in [0, 0.1) is 0 Å². The van der Waals surface area contributed by atoms with E-state index in [2.05, 4.69) is 20.7 Å². The van der Waals surface area contributed by atoms with Crippen LogP contribution >= 0.6 is 27.5 Å². The van der Waals surface area contributed by atoms with Gasteiger partial charge in [0.15, 0.2) is 0 Å². The lowest BCUT2D eigenvalue weighted by molar-refractivity contribution is 0.331. The highest BCUT2D eigenvalue weighted by Gasteiger charge is 2.20. The smallest absolute Gasteiger partial charge is 0.244 e. The molecule has 0 aliphatic heterocycles. The van der Waals surface area contributed by atoms with Crippen molar-refractivity contribution in [3.05, 3.63) is 57.5 Å². The van der Waals surface area contributed by atoms with Crippen molar-refractivity contribution < 1.29 is 13.2 Å². The van der Waals surface area contributed by atoms with E-state index < -0.39 is 10.0 Å². The molecular formula is C15H15BrClNO3S. The Labute approximate surface area is 143 Å². The van der Waals surface area contributed by atoms with Crippen molar-refractivity contribution in [2.45, 2.75) is 18.4 Å². The van der Waals surface area contributed by atoms with E-state index >= 15 is 0 Å². The molecule has 0 aliphatic rings. The second kappa shape index (κ2) is 7.46. The molecule has 2 aromatic carbocycles. The Morgan fingerprint density at radius 2 is 1.95 bits per heavy atom. The predicted molar refractivity (Wildman–Crippen MR) is 90.8 cm³/mol. The van der Waals surface area contributed by atoms with Crippen LogP contribution in [-0.2, 0) is 16.6 Å². The number of hydrogen-bond donors (Lipinski definition) is 1. The van der Waals surface area contributed by atoms with E-state index in [1.54, 1.807) is 43.3 Å². The van der Waals surface area contributed by atoms with Gasteiger partial charge in [-0.25, -0.2) is 13.1 Å². The molecule has 4 nitrogen and oxygen atoms in total. The van der Waals surface area contributed by atoms with E-state index in [-0.39, 0.29) is 11.4 Å². The van der Waals surface area contributed by atoms with Gasteiger partial charge in [-0.15, -0.1) is 0 Å². The first-order valence-corrected chi connectivity index (χ1v) is 9.25. The predicted octanol–water partition coefficient (Wildman–Crippen LogP) is 3.98. The first kappa shape index (κ1) is 17.3. The lowest BCUT2D eigenvalue weighted by Crippen LogP contribution is -2.24. The van der Waals surface area contributed by atoms with Gasteiger partial charge in [-0.1, -0.05) is 45.7 Å². The average molecular weight is 405 g/mol. The third-order valence-electron chi connectivity index (χ3n) is 2.91. The Morgan fingerprint density at radius 3 is 2.64 bits per heavy atom. The summed E-state index contributed by atoms with van der Waals surface area (Å²) in [4.78, 5) is 0.0933. The SMILES string of the molecule is CCOc1ccc(Br)cc1S(=O)(=O)NCc1ccccc1Cl.